The third-order valence-corrected chi connectivity index (χ3v) is 3.07. The van der Waals surface area contributed by atoms with Gasteiger partial charge in [-0.05, 0) is 54.2 Å². The summed E-state index contributed by atoms with van der Waals surface area (Å²) in [4.78, 5) is 8.47. The predicted molar refractivity (Wildman–Crippen MR) is 78.5 cm³/mol. The number of rotatable bonds is 1. The van der Waals surface area contributed by atoms with Crippen molar-refractivity contribution >= 4 is 27.5 Å². The van der Waals surface area contributed by atoms with Gasteiger partial charge in [0.2, 0.25) is 5.92 Å². The van der Waals surface area contributed by atoms with Crippen LogP contribution in [0.4, 0.5) is 14.6 Å². The second-order valence-corrected chi connectivity index (χ2v) is 6.14. The van der Waals surface area contributed by atoms with Crippen molar-refractivity contribution in [3.63, 3.8) is 0 Å². The molecule has 0 bridgehead atoms. The predicted octanol–water partition coefficient (Wildman–Crippen LogP) is 5.32. The lowest BCUT2D eigenvalue weighted by atomic mass is 9.83. The summed E-state index contributed by atoms with van der Waals surface area (Å²) >= 11 is 3.35. The van der Waals surface area contributed by atoms with Crippen LogP contribution in [-0.2, 0) is 0 Å². The minimum Gasteiger partial charge on any atom is -0.238 e. The molecule has 1 fully saturated rings. The molecule has 1 aromatic rings. The maximum atomic E-state index is 11.8. The minimum atomic E-state index is -2.31. The van der Waals surface area contributed by atoms with Crippen molar-refractivity contribution < 1.29 is 8.78 Å². The van der Waals surface area contributed by atoms with Crippen molar-refractivity contribution in [3.05, 3.63) is 22.3 Å². The van der Waals surface area contributed by atoms with Crippen LogP contribution in [0, 0.1) is 12.8 Å². The molecule has 0 unspecified atom stereocenters. The fraction of sp³-hybridized carbons (Fsp3) is 0.571. The molecule has 0 N–H and O–H groups in total. The van der Waals surface area contributed by atoms with Crippen LogP contribution in [0.1, 0.15) is 39.2 Å². The normalized spacial score (nSPS) is 17.0. The van der Waals surface area contributed by atoms with Gasteiger partial charge in [0.15, 0.2) is 5.82 Å². The highest BCUT2D eigenvalue weighted by Crippen LogP contribution is 2.41. The Kier molecular flexibility index (Phi) is 5.59. The number of aromatic nitrogens is 1. The van der Waals surface area contributed by atoms with E-state index in [1.54, 1.807) is 6.20 Å². The van der Waals surface area contributed by atoms with Gasteiger partial charge in [-0.25, -0.2) is 18.8 Å². The molecule has 19 heavy (non-hydrogen) atoms. The summed E-state index contributed by atoms with van der Waals surface area (Å²) in [5.74, 6) is -1.24. The second-order valence-electron chi connectivity index (χ2n) is 5.22. The molecule has 1 aliphatic carbocycles. The molecule has 1 aliphatic rings. The number of nitrogens with zero attached hydrogens (tertiary/aromatic N) is 2. The summed E-state index contributed by atoms with van der Waals surface area (Å²) < 4.78 is 24.6. The molecule has 1 aromatic heterocycles. The molecule has 2 nitrogen and oxygen atoms in total. The van der Waals surface area contributed by atoms with Crippen LogP contribution in [0.15, 0.2) is 21.7 Å². The molecule has 5 heteroatoms. The van der Waals surface area contributed by atoms with Gasteiger partial charge in [0, 0.05) is 29.2 Å². The first-order chi connectivity index (χ1) is 8.69. The third-order valence-electron chi connectivity index (χ3n) is 2.64. The lowest BCUT2D eigenvalue weighted by Crippen LogP contribution is -2.33. The van der Waals surface area contributed by atoms with Gasteiger partial charge < -0.3 is 0 Å². The monoisotopic (exact) mass is 332 g/mol. The molecule has 0 atom stereocenters. The lowest BCUT2D eigenvalue weighted by molar-refractivity contribution is -0.104. The fourth-order valence-corrected chi connectivity index (χ4v) is 2.27. The molecule has 0 aliphatic heterocycles. The number of alkyl halides is 2. The van der Waals surface area contributed by atoms with E-state index in [4.69, 9.17) is 0 Å². The summed E-state index contributed by atoms with van der Waals surface area (Å²) in [7, 11) is 0. The maximum Gasteiger partial charge on any atom is 0.248 e. The first-order valence-corrected chi connectivity index (χ1v) is 7.01. The largest absolute Gasteiger partial charge is 0.248 e. The van der Waals surface area contributed by atoms with E-state index >= 15 is 0 Å². The fourth-order valence-electron chi connectivity index (χ4n) is 1.82. The van der Waals surface area contributed by atoms with Crippen molar-refractivity contribution in [2.24, 2.45) is 10.9 Å². The first kappa shape index (κ1) is 16.2. The summed E-state index contributed by atoms with van der Waals surface area (Å²) in [6.45, 7) is 7.77. The molecule has 1 saturated carbocycles. The summed E-state index contributed by atoms with van der Waals surface area (Å²) in [5.41, 5.74) is 2.11. The number of aliphatic imine (C=N–C) groups is 1. The number of halogens is 3. The van der Waals surface area contributed by atoms with E-state index in [0.29, 0.717) is 0 Å². The third kappa shape index (κ3) is 5.76. The van der Waals surface area contributed by atoms with E-state index in [0.717, 1.165) is 21.6 Å². The van der Waals surface area contributed by atoms with E-state index in [9.17, 15) is 8.78 Å². The molecule has 0 spiro atoms. The topological polar surface area (TPSA) is 25.2 Å². The molecule has 1 heterocycles. The smallest absolute Gasteiger partial charge is 0.238 e. The standard InChI is InChI=1S/C9H11BrN2.C5H8F2/c1-6(2)12-9-7(3)4-8(10)5-11-9;1-4-2-5(6,7)3-4/h4-5H,1-3H3;4H,2-3H2,1H3. The summed E-state index contributed by atoms with van der Waals surface area (Å²) in [6, 6.07) is 2.01. The molecule has 0 saturated heterocycles. The lowest BCUT2D eigenvalue weighted by Gasteiger charge is -2.31. The number of hydrogen-bond acceptors (Lipinski definition) is 2. The van der Waals surface area contributed by atoms with Gasteiger partial charge in [-0.2, -0.15) is 0 Å². The molecule has 0 aromatic carbocycles. The van der Waals surface area contributed by atoms with Gasteiger partial charge in [0.25, 0.3) is 0 Å². The molecule has 0 radical (unpaired) electrons. The van der Waals surface area contributed by atoms with Gasteiger partial charge in [-0.3, -0.25) is 0 Å². The Morgan fingerprint density at radius 1 is 1.42 bits per heavy atom. The Morgan fingerprint density at radius 2 is 2.00 bits per heavy atom. The van der Waals surface area contributed by atoms with Crippen molar-refractivity contribution in [1.82, 2.24) is 4.98 Å². The van der Waals surface area contributed by atoms with Crippen LogP contribution in [-0.4, -0.2) is 16.6 Å². The van der Waals surface area contributed by atoms with Crippen LogP contribution < -0.4 is 0 Å². The van der Waals surface area contributed by atoms with Gasteiger partial charge >= 0.3 is 0 Å². The van der Waals surface area contributed by atoms with Crippen LogP contribution in [0.5, 0.6) is 0 Å². The van der Waals surface area contributed by atoms with Crippen LogP contribution in [0.2, 0.25) is 0 Å². The Balaban J connectivity index is 0.000000218. The van der Waals surface area contributed by atoms with E-state index in [1.165, 1.54) is 0 Å². The number of hydrogen-bond donors (Lipinski definition) is 0. The van der Waals surface area contributed by atoms with Crippen LogP contribution >= 0.6 is 15.9 Å². The van der Waals surface area contributed by atoms with Crippen molar-refractivity contribution in [2.45, 2.75) is 46.5 Å². The molecule has 0 amide bonds. The average molecular weight is 333 g/mol. The van der Waals surface area contributed by atoms with Crippen LogP contribution in [0.25, 0.3) is 0 Å². The Hall–Kier alpha value is -0.840. The summed E-state index contributed by atoms with van der Waals surface area (Å²) in [6.07, 6.45) is 1.97. The van der Waals surface area contributed by atoms with Gasteiger partial charge in [-0.15, -0.1) is 0 Å². The highest BCUT2D eigenvalue weighted by molar-refractivity contribution is 9.10. The highest BCUT2D eigenvalue weighted by Gasteiger charge is 2.42. The second kappa shape index (κ2) is 6.55. The number of pyridine rings is 1. The van der Waals surface area contributed by atoms with Gasteiger partial charge in [0.05, 0.1) is 0 Å². The number of aryl methyl sites for hydroxylation is 1. The zero-order valence-corrected chi connectivity index (χ0v) is 13.3. The zero-order valence-electron chi connectivity index (χ0n) is 11.7. The maximum absolute atomic E-state index is 11.8. The van der Waals surface area contributed by atoms with E-state index < -0.39 is 5.92 Å². The Labute approximate surface area is 121 Å². The zero-order chi connectivity index (χ0) is 14.6. The molecular formula is C14H19BrF2N2. The van der Waals surface area contributed by atoms with E-state index in [2.05, 4.69) is 25.9 Å². The van der Waals surface area contributed by atoms with Crippen molar-refractivity contribution in [1.29, 1.82) is 0 Å². The van der Waals surface area contributed by atoms with Crippen molar-refractivity contribution in [2.75, 3.05) is 0 Å². The SMILES string of the molecule is CC(C)=Nc1ncc(Br)cc1C.CC1CC(F)(F)C1. The average Bonchev–Trinajstić information content (AvgIpc) is 2.20. The Bertz CT molecular complexity index is 461. The molecular weight excluding hydrogens is 314 g/mol. The van der Waals surface area contributed by atoms with E-state index in [-0.39, 0.29) is 18.8 Å². The van der Waals surface area contributed by atoms with Crippen molar-refractivity contribution in [3.8, 4) is 0 Å². The quantitative estimate of drug-likeness (QED) is 0.639. The van der Waals surface area contributed by atoms with E-state index in [1.807, 2.05) is 33.8 Å². The highest BCUT2D eigenvalue weighted by atomic mass is 79.9. The Morgan fingerprint density at radius 3 is 2.32 bits per heavy atom. The first-order valence-electron chi connectivity index (χ1n) is 6.21. The molecule has 106 valence electrons. The van der Waals surface area contributed by atoms with Gasteiger partial charge in [-0.1, -0.05) is 6.92 Å². The van der Waals surface area contributed by atoms with Crippen LogP contribution in [0.3, 0.4) is 0 Å². The van der Waals surface area contributed by atoms with Gasteiger partial charge in [0.1, 0.15) is 0 Å². The summed E-state index contributed by atoms with van der Waals surface area (Å²) in [5, 5.41) is 0. The molecule has 2 rings (SSSR count). The minimum absolute atomic E-state index is 0.104.